The molecular weight excluding hydrogens is 190 g/mol. The van der Waals surface area contributed by atoms with Crippen molar-refractivity contribution in [1.29, 1.82) is 0 Å². The summed E-state index contributed by atoms with van der Waals surface area (Å²) < 4.78 is 5.25. The molecule has 0 saturated carbocycles. The summed E-state index contributed by atoms with van der Waals surface area (Å²) in [7, 11) is 1.61. The number of ketones is 1. The van der Waals surface area contributed by atoms with Gasteiger partial charge < -0.3 is 10.5 Å². The average Bonchev–Trinajstić information content (AvgIpc) is 2.26. The maximum atomic E-state index is 11.4. The summed E-state index contributed by atoms with van der Waals surface area (Å²) in [5.74, 6) is 1.06. The zero-order valence-electron chi connectivity index (χ0n) is 9.41. The highest BCUT2D eigenvalue weighted by Crippen LogP contribution is 2.27. The van der Waals surface area contributed by atoms with Gasteiger partial charge in [0.25, 0.3) is 0 Å². The topological polar surface area (TPSA) is 52.3 Å². The van der Waals surface area contributed by atoms with E-state index in [9.17, 15) is 4.79 Å². The Bertz CT molecular complexity index is 359. The van der Waals surface area contributed by atoms with Crippen LogP contribution in [0, 0.1) is 0 Å². The number of hydrogen-bond donors (Lipinski definition) is 1. The van der Waals surface area contributed by atoms with E-state index in [1.807, 2.05) is 6.07 Å². The van der Waals surface area contributed by atoms with Crippen LogP contribution in [0.1, 0.15) is 35.7 Å². The molecule has 15 heavy (non-hydrogen) atoms. The minimum atomic E-state index is -0.0661. The van der Waals surface area contributed by atoms with Gasteiger partial charge in [-0.05, 0) is 17.5 Å². The van der Waals surface area contributed by atoms with Crippen molar-refractivity contribution >= 4 is 5.78 Å². The van der Waals surface area contributed by atoms with Crippen molar-refractivity contribution in [3.63, 3.8) is 0 Å². The molecule has 1 aromatic rings. The van der Waals surface area contributed by atoms with E-state index in [0.717, 1.165) is 11.3 Å². The van der Waals surface area contributed by atoms with Crippen LogP contribution in [0.25, 0.3) is 0 Å². The van der Waals surface area contributed by atoms with Crippen LogP contribution in [-0.2, 0) is 0 Å². The summed E-state index contributed by atoms with van der Waals surface area (Å²) in [6.45, 7) is 4.20. The molecule has 1 rings (SSSR count). The molecule has 0 aromatic heterocycles. The molecule has 0 atom stereocenters. The molecular formula is C12H17NO2. The van der Waals surface area contributed by atoms with E-state index in [4.69, 9.17) is 10.5 Å². The van der Waals surface area contributed by atoms with Crippen molar-refractivity contribution in [3.8, 4) is 5.75 Å². The Balaban J connectivity index is 3.13. The van der Waals surface area contributed by atoms with E-state index < -0.39 is 0 Å². The summed E-state index contributed by atoms with van der Waals surface area (Å²) in [6.07, 6.45) is 0. The van der Waals surface area contributed by atoms with E-state index in [1.165, 1.54) is 0 Å². The molecule has 3 heteroatoms. The second kappa shape index (κ2) is 4.94. The molecule has 0 aliphatic heterocycles. The summed E-state index contributed by atoms with van der Waals surface area (Å²) in [4.78, 5) is 11.4. The molecule has 0 aliphatic rings. The highest BCUT2D eigenvalue weighted by molar-refractivity contribution is 5.97. The summed E-state index contributed by atoms with van der Waals surface area (Å²) in [5, 5.41) is 0. The molecule has 0 unspecified atom stereocenters. The molecule has 0 aliphatic carbocycles. The van der Waals surface area contributed by atoms with Gasteiger partial charge in [0.15, 0.2) is 5.78 Å². The minimum Gasteiger partial charge on any atom is -0.496 e. The van der Waals surface area contributed by atoms with Gasteiger partial charge in [-0.3, -0.25) is 4.79 Å². The number of benzene rings is 1. The molecule has 0 spiro atoms. The molecule has 0 fully saturated rings. The fraction of sp³-hybridized carbons (Fsp3) is 0.417. The lowest BCUT2D eigenvalue weighted by Crippen LogP contribution is -2.13. The first kappa shape index (κ1) is 11.7. The second-order valence-corrected chi connectivity index (χ2v) is 3.74. The smallest absolute Gasteiger partial charge is 0.176 e. The van der Waals surface area contributed by atoms with Gasteiger partial charge >= 0.3 is 0 Å². The van der Waals surface area contributed by atoms with Crippen LogP contribution in [0.4, 0.5) is 0 Å². The van der Waals surface area contributed by atoms with Crippen molar-refractivity contribution in [2.75, 3.05) is 13.7 Å². The Morgan fingerprint density at radius 2 is 2.13 bits per heavy atom. The highest BCUT2D eigenvalue weighted by Gasteiger charge is 2.10. The number of rotatable bonds is 4. The first-order valence-electron chi connectivity index (χ1n) is 5.01. The second-order valence-electron chi connectivity index (χ2n) is 3.74. The van der Waals surface area contributed by atoms with Gasteiger partial charge in [0, 0.05) is 5.56 Å². The van der Waals surface area contributed by atoms with Crippen LogP contribution in [0.15, 0.2) is 18.2 Å². The monoisotopic (exact) mass is 207 g/mol. The molecule has 3 nitrogen and oxygen atoms in total. The zero-order chi connectivity index (χ0) is 11.4. The van der Waals surface area contributed by atoms with Crippen LogP contribution < -0.4 is 10.5 Å². The maximum Gasteiger partial charge on any atom is 0.176 e. The number of carbonyl (C=O) groups excluding carboxylic acids is 1. The largest absolute Gasteiger partial charge is 0.496 e. The van der Waals surface area contributed by atoms with Crippen LogP contribution in [0.3, 0.4) is 0 Å². The van der Waals surface area contributed by atoms with Gasteiger partial charge in [0.05, 0.1) is 13.7 Å². The van der Waals surface area contributed by atoms with Crippen LogP contribution in [-0.4, -0.2) is 19.4 Å². The summed E-state index contributed by atoms with van der Waals surface area (Å²) in [6, 6.07) is 5.48. The number of Topliss-reactive ketones (excluding diaryl/α,β-unsaturated/α-hetero) is 1. The fourth-order valence-corrected chi connectivity index (χ4v) is 1.48. The van der Waals surface area contributed by atoms with Gasteiger partial charge in [-0.1, -0.05) is 26.0 Å². The quantitative estimate of drug-likeness (QED) is 0.768. The van der Waals surface area contributed by atoms with Gasteiger partial charge in [0.2, 0.25) is 0 Å². The molecule has 0 bridgehead atoms. The van der Waals surface area contributed by atoms with Crippen molar-refractivity contribution in [2.24, 2.45) is 5.73 Å². The van der Waals surface area contributed by atoms with Crippen LogP contribution in [0.5, 0.6) is 5.75 Å². The van der Waals surface area contributed by atoms with E-state index >= 15 is 0 Å². The Hall–Kier alpha value is -1.35. The Labute approximate surface area is 90.2 Å². The molecule has 0 amide bonds. The predicted octanol–water partition coefficient (Wildman–Crippen LogP) is 1.96. The maximum absolute atomic E-state index is 11.4. The van der Waals surface area contributed by atoms with E-state index in [0.29, 0.717) is 11.5 Å². The number of carbonyl (C=O) groups is 1. The SMILES string of the molecule is COc1cc(C(=O)CN)ccc1C(C)C. The Kier molecular flexibility index (Phi) is 3.86. The van der Waals surface area contributed by atoms with E-state index in [-0.39, 0.29) is 12.3 Å². The highest BCUT2D eigenvalue weighted by atomic mass is 16.5. The summed E-state index contributed by atoms with van der Waals surface area (Å²) in [5.41, 5.74) is 7.02. The number of methoxy groups -OCH3 is 1. The number of hydrogen-bond acceptors (Lipinski definition) is 3. The normalized spacial score (nSPS) is 10.5. The molecule has 0 saturated heterocycles. The number of ether oxygens (including phenoxy) is 1. The van der Waals surface area contributed by atoms with Gasteiger partial charge in [-0.2, -0.15) is 0 Å². The molecule has 82 valence electrons. The van der Waals surface area contributed by atoms with Crippen molar-refractivity contribution in [3.05, 3.63) is 29.3 Å². The van der Waals surface area contributed by atoms with Crippen LogP contribution >= 0.6 is 0 Å². The Morgan fingerprint density at radius 1 is 1.47 bits per heavy atom. The van der Waals surface area contributed by atoms with E-state index in [1.54, 1.807) is 19.2 Å². The van der Waals surface area contributed by atoms with Crippen LogP contribution in [0.2, 0.25) is 0 Å². The van der Waals surface area contributed by atoms with Crippen molar-refractivity contribution in [2.45, 2.75) is 19.8 Å². The molecule has 1 aromatic carbocycles. The van der Waals surface area contributed by atoms with Gasteiger partial charge in [0.1, 0.15) is 5.75 Å². The van der Waals surface area contributed by atoms with Crippen molar-refractivity contribution < 1.29 is 9.53 Å². The molecule has 0 radical (unpaired) electrons. The first-order valence-corrected chi connectivity index (χ1v) is 5.01. The fourth-order valence-electron chi connectivity index (χ4n) is 1.48. The van der Waals surface area contributed by atoms with Gasteiger partial charge in [-0.25, -0.2) is 0 Å². The minimum absolute atomic E-state index is 0.0319. The third kappa shape index (κ3) is 2.57. The lowest BCUT2D eigenvalue weighted by atomic mass is 9.99. The van der Waals surface area contributed by atoms with E-state index in [2.05, 4.69) is 13.8 Å². The number of nitrogens with two attached hydrogens (primary N) is 1. The molecule has 2 N–H and O–H groups in total. The third-order valence-electron chi connectivity index (χ3n) is 2.36. The predicted molar refractivity (Wildman–Crippen MR) is 60.5 cm³/mol. The van der Waals surface area contributed by atoms with Crippen molar-refractivity contribution in [1.82, 2.24) is 0 Å². The third-order valence-corrected chi connectivity index (χ3v) is 2.36. The lowest BCUT2D eigenvalue weighted by molar-refractivity contribution is 0.100. The standard InChI is InChI=1S/C12H17NO2/c1-8(2)10-5-4-9(11(14)7-13)6-12(10)15-3/h4-6,8H,7,13H2,1-3H3. The zero-order valence-corrected chi connectivity index (χ0v) is 9.41. The lowest BCUT2D eigenvalue weighted by Gasteiger charge is -2.12. The first-order chi connectivity index (χ1) is 7.10. The molecule has 0 heterocycles. The van der Waals surface area contributed by atoms with Gasteiger partial charge in [-0.15, -0.1) is 0 Å². The average molecular weight is 207 g/mol. The Morgan fingerprint density at radius 3 is 2.60 bits per heavy atom. The summed E-state index contributed by atoms with van der Waals surface area (Å²) >= 11 is 0.